The Labute approximate surface area is 129 Å². The lowest BCUT2D eigenvalue weighted by molar-refractivity contribution is -0.145. The van der Waals surface area contributed by atoms with Crippen LogP contribution in [-0.4, -0.2) is 29.8 Å². The lowest BCUT2D eigenvalue weighted by Gasteiger charge is -2.28. The van der Waals surface area contributed by atoms with Crippen molar-refractivity contribution < 1.29 is 14.6 Å². The lowest BCUT2D eigenvalue weighted by Crippen LogP contribution is -2.52. The first-order valence-corrected chi connectivity index (χ1v) is 7.27. The van der Waals surface area contributed by atoms with Crippen LogP contribution in [0.15, 0.2) is 18.2 Å². The largest absolute Gasteiger partial charge is 0.491 e. The molecule has 0 aliphatic heterocycles. The van der Waals surface area contributed by atoms with Crippen molar-refractivity contribution in [3.05, 3.63) is 28.2 Å². The molecule has 0 spiro atoms. The van der Waals surface area contributed by atoms with Crippen molar-refractivity contribution in [2.24, 2.45) is 0 Å². The molecular formula is C14H19Cl2NO3. The summed E-state index contributed by atoms with van der Waals surface area (Å²) in [6, 6.07) is 4.98. The van der Waals surface area contributed by atoms with Crippen LogP contribution in [0, 0.1) is 0 Å². The molecular weight excluding hydrogens is 301 g/mol. The van der Waals surface area contributed by atoms with E-state index in [0.717, 1.165) is 0 Å². The topological polar surface area (TPSA) is 58.6 Å². The Bertz CT molecular complexity index is 462. The number of carbonyl (C=O) groups is 1. The summed E-state index contributed by atoms with van der Waals surface area (Å²) in [5, 5.41) is 13.3. The van der Waals surface area contributed by atoms with Gasteiger partial charge in [0.05, 0.1) is 5.02 Å². The standard InChI is InChI=1S/C14H19Cl2NO3/c1-3-14(4-2,13(18)19)17-7-8-20-12-6-5-10(15)9-11(12)16/h5-6,9,17H,3-4,7-8H2,1-2H3,(H,18,19). The van der Waals surface area contributed by atoms with E-state index in [9.17, 15) is 9.90 Å². The first-order chi connectivity index (χ1) is 9.45. The third kappa shape index (κ3) is 4.27. The number of benzene rings is 1. The average molecular weight is 320 g/mol. The van der Waals surface area contributed by atoms with Gasteiger partial charge in [-0.1, -0.05) is 37.0 Å². The Morgan fingerprint density at radius 1 is 1.35 bits per heavy atom. The molecule has 0 heterocycles. The smallest absolute Gasteiger partial charge is 0.323 e. The predicted octanol–water partition coefficient (Wildman–Crippen LogP) is 3.61. The van der Waals surface area contributed by atoms with Crippen LogP contribution in [0.4, 0.5) is 0 Å². The SMILES string of the molecule is CCC(CC)(NCCOc1ccc(Cl)cc1Cl)C(=O)O. The van der Waals surface area contributed by atoms with Crippen molar-refractivity contribution in [1.82, 2.24) is 5.32 Å². The summed E-state index contributed by atoms with van der Waals surface area (Å²) in [6.07, 6.45) is 1.03. The van der Waals surface area contributed by atoms with E-state index < -0.39 is 11.5 Å². The van der Waals surface area contributed by atoms with Gasteiger partial charge >= 0.3 is 5.97 Å². The number of nitrogens with one attached hydrogen (secondary N) is 1. The summed E-state index contributed by atoms with van der Waals surface area (Å²) < 4.78 is 5.51. The first kappa shape index (κ1) is 17.1. The average Bonchev–Trinajstić information content (AvgIpc) is 2.41. The van der Waals surface area contributed by atoms with Crippen LogP contribution < -0.4 is 10.1 Å². The zero-order chi connectivity index (χ0) is 15.2. The zero-order valence-corrected chi connectivity index (χ0v) is 13.1. The molecule has 4 nitrogen and oxygen atoms in total. The van der Waals surface area contributed by atoms with E-state index in [1.807, 2.05) is 13.8 Å². The van der Waals surface area contributed by atoms with Crippen molar-refractivity contribution in [1.29, 1.82) is 0 Å². The molecule has 2 N–H and O–H groups in total. The van der Waals surface area contributed by atoms with Crippen LogP contribution in [0.3, 0.4) is 0 Å². The number of rotatable bonds is 8. The van der Waals surface area contributed by atoms with Crippen molar-refractivity contribution in [2.75, 3.05) is 13.2 Å². The van der Waals surface area contributed by atoms with Crippen LogP contribution in [0.1, 0.15) is 26.7 Å². The van der Waals surface area contributed by atoms with E-state index in [4.69, 9.17) is 27.9 Å². The van der Waals surface area contributed by atoms with Gasteiger partial charge in [0.1, 0.15) is 17.9 Å². The fourth-order valence-electron chi connectivity index (χ4n) is 1.92. The molecule has 0 aliphatic rings. The Morgan fingerprint density at radius 3 is 2.50 bits per heavy atom. The van der Waals surface area contributed by atoms with E-state index >= 15 is 0 Å². The van der Waals surface area contributed by atoms with Crippen LogP contribution >= 0.6 is 23.2 Å². The van der Waals surface area contributed by atoms with Gasteiger partial charge in [0, 0.05) is 11.6 Å². The predicted molar refractivity (Wildman–Crippen MR) is 80.9 cm³/mol. The Morgan fingerprint density at radius 2 is 2.00 bits per heavy atom. The third-order valence-electron chi connectivity index (χ3n) is 3.33. The summed E-state index contributed by atoms with van der Waals surface area (Å²) in [5.41, 5.74) is -0.896. The maximum Gasteiger partial charge on any atom is 0.323 e. The number of carboxylic acid groups (broad SMARTS) is 1. The molecule has 0 aromatic heterocycles. The van der Waals surface area contributed by atoms with Gasteiger partial charge in [-0.05, 0) is 31.0 Å². The number of hydrogen-bond donors (Lipinski definition) is 2. The highest BCUT2D eigenvalue weighted by Crippen LogP contribution is 2.27. The number of ether oxygens (including phenoxy) is 1. The van der Waals surface area contributed by atoms with Crippen LogP contribution in [0.5, 0.6) is 5.75 Å². The maximum absolute atomic E-state index is 11.3. The van der Waals surface area contributed by atoms with Gasteiger partial charge in [-0.15, -0.1) is 0 Å². The fraction of sp³-hybridized carbons (Fsp3) is 0.500. The van der Waals surface area contributed by atoms with Crippen LogP contribution in [0.2, 0.25) is 10.0 Å². The molecule has 1 aromatic carbocycles. The normalized spacial score (nSPS) is 11.4. The molecule has 0 atom stereocenters. The van der Waals surface area contributed by atoms with Gasteiger partial charge in [0.2, 0.25) is 0 Å². The molecule has 0 saturated heterocycles. The monoisotopic (exact) mass is 319 g/mol. The lowest BCUT2D eigenvalue weighted by atomic mass is 9.93. The highest BCUT2D eigenvalue weighted by atomic mass is 35.5. The number of carboxylic acids is 1. The molecule has 0 radical (unpaired) electrons. The van der Waals surface area contributed by atoms with E-state index in [0.29, 0.717) is 41.8 Å². The molecule has 6 heteroatoms. The molecule has 112 valence electrons. The minimum atomic E-state index is -0.896. The van der Waals surface area contributed by atoms with Crippen molar-refractivity contribution in [2.45, 2.75) is 32.2 Å². The second-order valence-electron chi connectivity index (χ2n) is 4.44. The molecule has 1 aromatic rings. The van der Waals surface area contributed by atoms with Crippen molar-refractivity contribution in [3.63, 3.8) is 0 Å². The highest BCUT2D eigenvalue weighted by molar-refractivity contribution is 6.35. The highest BCUT2D eigenvalue weighted by Gasteiger charge is 2.33. The van der Waals surface area contributed by atoms with Crippen LogP contribution in [-0.2, 0) is 4.79 Å². The maximum atomic E-state index is 11.3. The molecule has 0 unspecified atom stereocenters. The van der Waals surface area contributed by atoms with Crippen LogP contribution in [0.25, 0.3) is 0 Å². The summed E-state index contributed by atoms with van der Waals surface area (Å²) in [6.45, 7) is 4.45. The van der Waals surface area contributed by atoms with Gasteiger partial charge in [-0.2, -0.15) is 0 Å². The summed E-state index contributed by atoms with van der Waals surface area (Å²) in [5.74, 6) is -0.307. The molecule has 0 aliphatic carbocycles. The number of aliphatic carboxylic acids is 1. The van der Waals surface area contributed by atoms with Crippen molar-refractivity contribution >= 4 is 29.2 Å². The molecule has 0 saturated carbocycles. The van der Waals surface area contributed by atoms with Gasteiger partial charge < -0.3 is 9.84 Å². The Balaban J connectivity index is 2.50. The molecule has 0 bridgehead atoms. The minimum absolute atomic E-state index is 0.330. The number of hydrogen-bond acceptors (Lipinski definition) is 3. The van der Waals surface area contributed by atoms with Gasteiger partial charge in [0.15, 0.2) is 0 Å². The van der Waals surface area contributed by atoms with E-state index in [1.165, 1.54) is 0 Å². The van der Waals surface area contributed by atoms with Gasteiger partial charge in [0.25, 0.3) is 0 Å². The minimum Gasteiger partial charge on any atom is -0.491 e. The molecule has 20 heavy (non-hydrogen) atoms. The fourth-order valence-corrected chi connectivity index (χ4v) is 2.38. The molecule has 0 fully saturated rings. The summed E-state index contributed by atoms with van der Waals surface area (Å²) in [4.78, 5) is 11.3. The summed E-state index contributed by atoms with van der Waals surface area (Å²) >= 11 is 11.8. The Kier molecular flexibility index (Phi) is 6.59. The quantitative estimate of drug-likeness (QED) is 0.719. The van der Waals surface area contributed by atoms with E-state index in [1.54, 1.807) is 18.2 Å². The summed E-state index contributed by atoms with van der Waals surface area (Å²) in [7, 11) is 0. The number of halogens is 2. The Hall–Kier alpha value is -0.970. The van der Waals surface area contributed by atoms with E-state index in [2.05, 4.69) is 5.32 Å². The van der Waals surface area contributed by atoms with E-state index in [-0.39, 0.29) is 0 Å². The zero-order valence-electron chi connectivity index (χ0n) is 11.6. The first-order valence-electron chi connectivity index (χ1n) is 6.51. The van der Waals surface area contributed by atoms with Gasteiger partial charge in [-0.25, -0.2) is 0 Å². The third-order valence-corrected chi connectivity index (χ3v) is 3.86. The molecule has 0 amide bonds. The van der Waals surface area contributed by atoms with Gasteiger partial charge in [-0.3, -0.25) is 10.1 Å². The van der Waals surface area contributed by atoms with Crippen molar-refractivity contribution in [3.8, 4) is 5.75 Å². The molecule has 1 rings (SSSR count). The second-order valence-corrected chi connectivity index (χ2v) is 5.29. The second kappa shape index (κ2) is 7.72.